The van der Waals surface area contributed by atoms with Gasteiger partial charge in [0.2, 0.25) is 0 Å². The van der Waals surface area contributed by atoms with Crippen LogP contribution in [0.5, 0.6) is 17.2 Å². The number of nitrogens with zero attached hydrogens (tertiary/aromatic N) is 4. The molecular formula is C24H24Cl2N4O4. The van der Waals surface area contributed by atoms with E-state index < -0.39 is 0 Å². The van der Waals surface area contributed by atoms with Crippen molar-refractivity contribution < 1.29 is 19.0 Å². The van der Waals surface area contributed by atoms with E-state index in [9.17, 15) is 4.79 Å². The van der Waals surface area contributed by atoms with Crippen molar-refractivity contribution in [3.05, 3.63) is 58.6 Å². The van der Waals surface area contributed by atoms with Gasteiger partial charge in [0.25, 0.3) is 5.91 Å². The van der Waals surface area contributed by atoms with E-state index in [-0.39, 0.29) is 12.5 Å². The molecule has 0 unspecified atom stereocenters. The monoisotopic (exact) mass is 502 g/mol. The zero-order valence-corrected chi connectivity index (χ0v) is 20.3. The van der Waals surface area contributed by atoms with Crippen LogP contribution in [0.1, 0.15) is 0 Å². The van der Waals surface area contributed by atoms with Gasteiger partial charge in [0, 0.05) is 31.7 Å². The zero-order valence-electron chi connectivity index (χ0n) is 18.8. The molecule has 0 spiro atoms. The summed E-state index contributed by atoms with van der Waals surface area (Å²) in [5.74, 6) is 2.44. The van der Waals surface area contributed by atoms with Gasteiger partial charge in [0.15, 0.2) is 12.4 Å². The minimum Gasteiger partial charge on any atom is -0.497 e. The molecule has 10 heteroatoms. The molecule has 1 aromatic heterocycles. The van der Waals surface area contributed by atoms with Crippen LogP contribution in [-0.2, 0) is 4.79 Å². The molecule has 1 fully saturated rings. The summed E-state index contributed by atoms with van der Waals surface area (Å²) >= 11 is 12.1. The lowest BCUT2D eigenvalue weighted by Crippen LogP contribution is -2.50. The van der Waals surface area contributed by atoms with Crippen LogP contribution in [0.4, 0.5) is 5.82 Å². The molecule has 1 saturated heterocycles. The second-order valence-electron chi connectivity index (χ2n) is 7.55. The first-order valence-corrected chi connectivity index (χ1v) is 11.4. The van der Waals surface area contributed by atoms with Crippen LogP contribution in [0, 0.1) is 0 Å². The van der Waals surface area contributed by atoms with E-state index in [4.69, 9.17) is 37.4 Å². The fourth-order valence-corrected chi connectivity index (χ4v) is 4.01. The van der Waals surface area contributed by atoms with E-state index >= 15 is 0 Å². The van der Waals surface area contributed by atoms with Crippen molar-refractivity contribution in [2.24, 2.45) is 0 Å². The average molecular weight is 503 g/mol. The van der Waals surface area contributed by atoms with Crippen molar-refractivity contribution in [3.8, 4) is 28.5 Å². The number of hydrogen-bond donors (Lipinski definition) is 0. The van der Waals surface area contributed by atoms with Gasteiger partial charge in [-0.05, 0) is 42.5 Å². The lowest BCUT2D eigenvalue weighted by Gasteiger charge is -2.35. The fourth-order valence-electron chi connectivity index (χ4n) is 3.66. The molecule has 0 saturated carbocycles. The Morgan fingerprint density at radius 1 is 0.941 bits per heavy atom. The molecule has 1 aliphatic heterocycles. The molecule has 0 atom stereocenters. The Labute approximate surface area is 207 Å². The second-order valence-corrected chi connectivity index (χ2v) is 8.34. The summed E-state index contributed by atoms with van der Waals surface area (Å²) in [6.07, 6.45) is 0. The van der Waals surface area contributed by atoms with E-state index in [2.05, 4.69) is 15.1 Å². The van der Waals surface area contributed by atoms with Crippen LogP contribution in [-0.4, -0.2) is 68.0 Å². The number of halogens is 2. The number of carbonyl (C=O) groups is 1. The Bertz CT molecular complexity index is 1150. The zero-order chi connectivity index (χ0) is 24.1. The van der Waals surface area contributed by atoms with Gasteiger partial charge in [0.05, 0.1) is 24.9 Å². The van der Waals surface area contributed by atoms with Gasteiger partial charge in [-0.15, -0.1) is 10.2 Å². The Hall–Kier alpha value is -3.23. The minimum absolute atomic E-state index is 0.100. The number of methoxy groups -OCH3 is 2. The van der Waals surface area contributed by atoms with Crippen LogP contribution in [0.3, 0.4) is 0 Å². The van der Waals surface area contributed by atoms with Crippen molar-refractivity contribution in [2.75, 3.05) is 51.9 Å². The molecule has 8 nitrogen and oxygen atoms in total. The summed E-state index contributed by atoms with van der Waals surface area (Å²) in [4.78, 5) is 16.4. The third-order valence-electron chi connectivity index (χ3n) is 5.56. The van der Waals surface area contributed by atoms with Crippen molar-refractivity contribution in [1.82, 2.24) is 15.1 Å². The topological polar surface area (TPSA) is 77.0 Å². The number of aromatic nitrogens is 2. The highest BCUT2D eigenvalue weighted by Gasteiger charge is 2.23. The summed E-state index contributed by atoms with van der Waals surface area (Å²) < 4.78 is 16.3. The van der Waals surface area contributed by atoms with E-state index in [1.54, 1.807) is 37.3 Å². The van der Waals surface area contributed by atoms with Gasteiger partial charge in [-0.25, -0.2) is 0 Å². The average Bonchev–Trinajstić information content (AvgIpc) is 2.89. The highest BCUT2D eigenvalue weighted by atomic mass is 35.5. The van der Waals surface area contributed by atoms with Gasteiger partial charge in [0.1, 0.15) is 22.3 Å². The summed E-state index contributed by atoms with van der Waals surface area (Å²) in [5.41, 5.74) is 1.49. The maximum absolute atomic E-state index is 12.6. The molecule has 34 heavy (non-hydrogen) atoms. The Balaban J connectivity index is 1.34. The van der Waals surface area contributed by atoms with Gasteiger partial charge in [-0.2, -0.15) is 0 Å². The predicted molar refractivity (Wildman–Crippen MR) is 131 cm³/mol. The summed E-state index contributed by atoms with van der Waals surface area (Å²) in [6, 6.07) is 14.4. The Morgan fingerprint density at radius 2 is 1.74 bits per heavy atom. The van der Waals surface area contributed by atoms with Gasteiger partial charge >= 0.3 is 0 Å². The quantitative estimate of drug-likeness (QED) is 0.479. The molecular weight excluding hydrogens is 479 g/mol. The highest BCUT2D eigenvalue weighted by molar-refractivity contribution is 6.42. The molecule has 3 aromatic rings. The molecule has 0 bridgehead atoms. The van der Waals surface area contributed by atoms with Crippen molar-refractivity contribution in [3.63, 3.8) is 0 Å². The molecule has 1 aliphatic rings. The third kappa shape index (κ3) is 5.29. The van der Waals surface area contributed by atoms with Crippen LogP contribution in [0.15, 0.2) is 48.5 Å². The third-order valence-corrected chi connectivity index (χ3v) is 6.36. The lowest BCUT2D eigenvalue weighted by molar-refractivity contribution is -0.133. The van der Waals surface area contributed by atoms with Crippen molar-refractivity contribution >= 4 is 34.9 Å². The standard InChI is InChI=1S/C24H24Cl2N4O4/c1-32-16-6-8-20(33-2)17(14-16)19-7-9-22(28-27-19)29-10-12-30(13-11-29)23(31)15-34-21-5-3-4-18(25)24(21)26/h3-9,14H,10-13,15H2,1-2H3. The number of benzene rings is 2. The highest BCUT2D eigenvalue weighted by Crippen LogP contribution is 2.33. The van der Waals surface area contributed by atoms with E-state index in [0.717, 1.165) is 11.4 Å². The molecule has 0 N–H and O–H groups in total. The summed E-state index contributed by atoms with van der Waals surface area (Å²) in [7, 11) is 3.23. The molecule has 0 aliphatic carbocycles. The van der Waals surface area contributed by atoms with E-state index in [1.165, 1.54) is 0 Å². The van der Waals surface area contributed by atoms with Gasteiger partial charge in [-0.3, -0.25) is 4.79 Å². The first-order valence-electron chi connectivity index (χ1n) is 10.7. The molecule has 2 heterocycles. The molecule has 4 rings (SSSR count). The molecule has 0 radical (unpaired) electrons. The summed E-state index contributed by atoms with van der Waals surface area (Å²) in [5, 5.41) is 9.47. The second kappa shape index (κ2) is 10.8. The summed E-state index contributed by atoms with van der Waals surface area (Å²) in [6.45, 7) is 2.29. The first kappa shape index (κ1) is 23.9. The first-order chi connectivity index (χ1) is 16.5. The maximum atomic E-state index is 12.6. The van der Waals surface area contributed by atoms with Gasteiger partial charge < -0.3 is 24.0 Å². The number of anilines is 1. The molecule has 178 valence electrons. The maximum Gasteiger partial charge on any atom is 0.260 e. The number of carbonyl (C=O) groups excluding carboxylic acids is 1. The molecule has 2 aromatic carbocycles. The fraction of sp³-hybridized carbons (Fsp3) is 0.292. The number of piperazine rings is 1. The number of amides is 1. The van der Waals surface area contributed by atoms with Crippen LogP contribution in [0.2, 0.25) is 10.0 Å². The number of hydrogen-bond acceptors (Lipinski definition) is 7. The van der Waals surface area contributed by atoms with E-state index in [1.807, 2.05) is 30.3 Å². The van der Waals surface area contributed by atoms with E-state index in [0.29, 0.717) is 59.2 Å². The van der Waals surface area contributed by atoms with Crippen molar-refractivity contribution in [2.45, 2.75) is 0 Å². The largest absolute Gasteiger partial charge is 0.497 e. The van der Waals surface area contributed by atoms with Crippen LogP contribution >= 0.6 is 23.2 Å². The minimum atomic E-state index is -0.109. The Kier molecular flexibility index (Phi) is 7.59. The normalized spacial score (nSPS) is 13.5. The predicted octanol–water partition coefficient (Wildman–Crippen LogP) is 4.20. The number of rotatable bonds is 7. The van der Waals surface area contributed by atoms with Crippen molar-refractivity contribution in [1.29, 1.82) is 0 Å². The van der Waals surface area contributed by atoms with Crippen LogP contribution in [0.25, 0.3) is 11.3 Å². The SMILES string of the molecule is COc1ccc(OC)c(-c2ccc(N3CCN(C(=O)COc4cccc(Cl)c4Cl)CC3)nn2)c1. The smallest absolute Gasteiger partial charge is 0.260 e. The lowest BCUT2D eigenvalue weighted by atomic mass is 10.1. The molecule has 1 amide bonds. The Morgan fingerprint density at radius 3 is 2.41 bits per heavy atom. The number of ether oxygens (including phenoxy) is 3. The van der Waals surface area contributed by atoms with Gasteiger partial charge in [-0.1, -0.05) is 29.3 Å². The van der Waals surface area contributed by atoms with Crippen LogP contribution < -0.4 is 19.1 Å².